The van der Waals surface area contributed by atoms with Gasteiger partial charge < -0.3 is 14.7 Å². The fraction of sp³-hybridized carbons (Fsp3) is 0.769. The maximum atomic E-state index is 11.9. The van der Waals surface area contributed by atoms with Gasteiger partial charge in [0, 0.05) is 19.7 Å². The number of hydrogen-bond donors (Lipinski definition) is 1. The molecule has 1 amide bonds. The van der Waals surface area contributed by atoms with Gasteiger partial charge >= 0.3 is 6.09 Å². The minimum Gasteiger partial charge on any atom is -0.444 e. The van der Waals surface area contributed by atoms with Crippen molar-refractivity contribution in [1.29, 1.82) is 0 Å². The average Bonchev–Trinajstić information content (AvgIpc) is 2.25. The van der Waals surface area contributed by atoms with E-state index in [1.54, 1.807) is 4.90 Å². The molecule has 1 aliphatic heterocycles. The Morgan fingerprint density at radius 1 is 1.59 bits per heavy atom. The summed E-state index contributed by atoms with van der Waals surface area (Å²) in [6.07, 6.45) is 2.34. The van der Waals surface area contributed by atoms with Crippen molar-refractivity contribution < 1.29 is 14.6 Å². The molecule has 0 aromatic rings. The summed E-state index contributed by atoms with van der Waals surface area (Å²) in [7, 11) is 0. The molecular weight excluding hydrogens is 218 g/mol. The van der Waals surface area contributed by atoms with E-state index in [4.69, 9.17) is 4.74 Å². The second-order valence-electron chi connectivity index (χ2n) is 5.56. The SMILES string of the molecule is C=C[C@@H]1CN(C(=O)OC(C)(C)C)CC[C@@H]1CO. The van der Waals surface area contributed by atoms with Crippen LogP contribution in [0.3, 0.4) is 0 Å². The van der Waals surface area contributed by atoms with Gasteiger partial charge in [-0.3, -0.25) is 0 Å². The van der Waals surface area contributed by atoms with Crippen LogP contribution in [0.1, 0.15) is 27.2 Å². The highest BCUT2D eigenvalue weighted by atomic mass is 16.6. The molecule has 0 saturated carbocycles. The first kappa shape index (κ1) is 14.0. The molecule has 0 aliphatic carbocycles. The lowest BCUT2D eigenvalue weighted by Crippen LogP contribution is -2.46. The van der Waals surface area contributed by atoms with Crippen molar-refractivity contribution >= 4 is 6.09 Å². The van der Waals surface area contributed by atoms with Crippen molar-refractivity contribution in [3.8, 4) is 0 Å². The third-order valence-corrected chi connectivity index (χ3v) is 3.00. The van der Waals surface area contributed by atoms with Crippen LogP contribution in [0, 0.1) is 11.8 Å². The quantitative estimate of drug-likeness (QED) is 0.753. The Morgan fingerprint density at radius 2 is 2.24 bits per heavy atom. The number of hydrogen-bond acceptors (Lipinski definition) is 3. The molecule has 2 atom stereocenters. The molecule has 0 bridgehead atoms. The second kappa shape index (κ2) is 5.54. The minimum absolute atomic E-state index is 0.152. The van der Waals surface area contributed by atoms with Gasteiger partial charge in [0.2, 0.25) is 0 Å². The van der Waals surface area contributed by atoms with Gasteiger partial charge in [0.25, 0.3) is 0 Å². The maximum Gasteiger partial charge on any atom is 0.410 e. The van der Waals surface area contributed by atoms with E-state index >= 15 is 0 Å². The molecular formula is C13H23NO3. The van der Waals surface area contributed by atoms with Gasteiger partial charge in [-0.2, -0.15) is 0 Å². The minimum atomic E-state index is -0.464. The molecule has 98 valence electrons. The summed E-state index contributed by atoms with van der Waals surface area (Å²) >= 11 is 0. The predicted octanol–water partition coefficient (Wildman–Crippen LogP) is 2.04. The van der Waals surface area contributed by atoms with Crippen LogP contribution < -0.4 is 0 Å². The van der Waals surface area contributed by atoms with Crippen molar-refractivity contribution in [1.82, 2.24) is 4.90 Å². The smallest absolute Gasteiger partial charge is 0.410 e. The number of carbonyl (C=O) groups excluding carboxylic acids is 1. The van der Waals surface area contributed by atoms with Crippen LogP contribution in [0.25, 0.3) is 0 Å². The van der Waals surface area contributed by atoms with Crippen LogP contribution in [-0.2, 0) is 4.74 Å². The number of likely N-dealkylation sites (tertiary alicyclic amines) is 1. The van der Waals surface area contributed by atoms with E-state index < -0.39 is 5.60 Å². The molecule has 1 N–H and O–H groups in total. The second-order valence-corrected chi connectivity index (χ2v) is 5.56. The van der Waals surface area contributed by atoms with E-state index in [0.29, 0.717) is 13.1 Å². The van der Waals surface area contributed by atoms with Crippen LogP contribution >= 0.6 is 0 Å². The Hall–Kier alpha value is -1.03. The van der Waals surface area contributed by atoms with Gasteiger partial charge in [-0.15, -0.1) is 6.58 Å². The molecule has 1 rings (SSSR count). The van der Waals surface area contributed by atoms with Crippen LogP contribution in [0.5, 0.6) is 0 Å². The summed E-state index contributed by atoms with van der Waals surface area (Å²) < 4.78 is 5.33. The zero-order chi connectivity index (χ0) is 13.1. The number of rotatable bonds is 2. The van der Waals surface area contributed by atoms with Gasteiger partial charge in [0.15, 0.2) is 0 Å². The molecule has 1 aliphatic rings. The molecule has 4 nitrogen and oxygen atoms in total. The van der Waals surface area contributed by atoms with E-state index in [0.717, 1.165) is 6.42 Å². The Balaban J connectivity index is 2.57. The monoisotopic (exact) mass is 241 g/mol. The Bertz CT molecular complexity index is 283. The van der Waals surface area contributed by atoms with Gasteiger partial charge in [-0.25, -0.2) is 4.79 Å². The lowest BCUT2D eigenvalue weighted by atomic mass is 9.86. The molecule has 0 aromatic heterocycles. The average molecular weight is 241 g/mol. The number of carbonyl (C=O) groups is 1. The third kappa shape index (κ3) is 4.04. The van der Waals surface area contributed by atoms with Crippen molar-refractivity contribution in [2.75, 3.05) is 19.7 Å². The summed E-state index contributed by atoms with van der Waals surface area (Å²) in [6.45, 7) is 10.7. The highest BCUT2D eigenvalue weighted by Crippen LogP contribution is 2.25. The first-order chi connectivity index (χ1) is 7.87. The number of amides is 1. The number of aliphatic hydroxyl groups excluding tert-OH is 1. The Kier molecular flexibility index (Phi) is 4.57. The summed E-state index contributed by atoms with van der Waals surface area (Å²) in [4.78, 5) is 13.6. The fourth-order valence-corrected chi connectivity index (χ4v) is 2.02. The molecule has 17 heavy (non-hydrogen) atoms. The number of aliphatic hydroxyl groups is 1. The Labute approximate surface area is 103 Å². The molecule has 0 unspecified atom stereocenters. The van der Waals surface area contributed by atoms with Crippen molar-refractivity contribution in [3.63, 3.8) is 0 Å². The topological polar surface area (TPSA) is 49.8 Å². The van der Waals surface area contributed by atoms with Crippen LogP contribution in [-0.4, -0.2) is 41.4 Å². The van der Waals surface area contributed by atoms with Crippen molar-refractivity contribution in [2.24, 2.45) is 11.8 Å². The summed E-state index contributed by atoms with van der Waals surface area (Å²) in [5, 5.41) is 9.22. The zero-order valence-corrected chi connectivity index (χ0v) is 11.0. The zero-order valence-electron chi connectivity index (χ0n) is 11.0. The summed E-state index contributed by atoms with van der Waals surface area (Å²) in [6, 6.07) is 0. The largest absolute Gasteiger partial charge is 0.444 e. The molecule has 0 spiro atoms. The van der Waals surface area contributed by atoms with Gasteiger partial charge in [0.1, 0.15) is 5.60 Å². The molecule has 1 heterocycles. The number of ether oxygens (including phenoxy) is 1. The fourth-order valence-electron chi connectivity index (χ4n) is 2.02. The number of piperidine rings is 1. The van der Waals surface area contributed by atoms with Crippen molar-refractivity contribution in [2.45, 2.75) is 32.8 Å². The van der Waals surface area contributed by atoms with Gasteiger partial charge in [-0.1, -0.05) is 6.08 Å². The highest BCUT2D eigenvalue weighted by Gasteiger charge is 2.31. The highest BCUT2D eigenvalue weighted by molar-refractivity contribution is 5.68. The first-order valence-electron chi connectivity index (χ1n) is 6.08. The van der Waals surface area contributed by atoms with E-state index in [2.05, 4.69) is 6.58 Å². The normalized spacial score (nSPS) is 25.5. The molecule has 1 fully saturated rings. The predicted molar refractivity (Wildman–Crippen MR) is 66.7 cm³/mol. The summed E-state index contributed by atoms with van der Waals surface area (Å²) in [5.74, 6) is 0.368. The molecule has 1 saturated heterocycles. The lowest BCUT2D eigenvalue weighted by Gasteiger charge is -2.37. The molecule has 0 aromatic carbocycles. The van der Waals surface area contributed by atoms with Crippen LogP contribution in [0.15, 0.2) is 12.7 Å². The molecule has 0 radical (unpaired) electrons. The maximum absolute atomic E-state index is 11.9. The van der Waals surface area contributed by atoms with Crippen LogP contribution in [0.4, 0.5) is 4.79 Å². The van der Waals surface area contributed by atoms with E-state index in [1.165, 1.54) is 0 Å². The van der Waals surface area contributed by atoms with E-state index in [9.17, 15) is 9.90 Å². The van der Waals surface area contributed by atoms with Gasteiger partial charge in [-0.05, 0) is 39.0 Å². The standard InChI is InChI=1S/C13H23NO3/c1-5-10-8-14(7-6-11(10)9-15)12(16)17-13(2,3)4/h5,10-11,15H,1,6-9H2,2-4H3/t10-,11-/m1/s1. The lowest BCUT2D eigenvalue weighted by molar-refractivity contribution is 0.00972. The summed E-state index contributed by atoms with van der Waals surface area (Å²) in [5.41, 5.74) is -0.464. The Morgan fingerprint density at radius 3 is 2.71 bits per heavy atom. The number of nitrogens with zero attached hydrogens (tertiary/aromatic N) is 1. The van der Waals surface area contributed by atoms with E-state index in [-0.39, 0.29) is 24.5 Å². The van der Waals surface area contributed by atoms with E-state index in [1.807, 2.05) is 26.8 Å². The van der Waals surface area contributed by atoms with Crippen molar-refractivity contribution in [3.05, 3.63) is 12.7 Å². The third-order valence-electron chi connectivity index (χ3n) is 3.00. The van der Waals surface area contributed by atoms with Gasteiger partial charge in [0.05, 0.1) is 0 Å². The molecule has 4 heteroatoms. The van der Waals surface area contributed by atoms with Crippen LogP contribution in [0.2, 0.25) is 0 Å². The first-order valence-corrected chi connectivity index (χ1v) is 6.08.